The third kappa shape index (κ3) is 2.76. The molecule has 0 amide bonds. The molecule has 2 heterocycles. The van der Waals surface area contributed by atoms with Crippen molar-refractivity contribution in [1.29, 1.82) is 0 Å². The van der Waals surface area contributed by atoms with Crippen molar-refractivity contribution in [2.45, 2.75) is 0 Å². The van der Waals surface area contributed by atoms with Gasteiger partial charge in [-0.25, -0.2) is 4.98 Å². The predicted octanol–water partition coefficient (Wildman–Crippen LogP) is 2.81. The topological polar surface area (TPSA) is 59.9 Å². The van der Waals surface area contributed by atoms with Crippen LogP contribution in [0.3, 0.4) is 0 Å². The van der Waals surface area contributed by atoms with Crippen molar-refractivity contribution in [1.82, 2.24) is 14.3 Å². The zero-order valence-corrected chi connectivity index (χ0v) is 11.9. The Labute approximate surface area is 120 Å². The quantitative estimate of drug-likeness (QED) is 0.731. The zero-order chi connectivity index (χ0) is 13.8. The molecule has 20 heavy (non-hydrogen) atoms. The summed E-state index contributed by atoms with van der Waals surface area (Å²) in [7, 11) is 1.67. The molecule has 0 aliphatic heterocycles. The molecule has 0 atom stereocenters. The van der Waals surface area contributed by atoms with Crippen LogP contribution in [0.2, 0.25) is 0 Å². The fraction of sp³-hybridized carbons (Fsp3) is 0.214. The van der Waals surface area contributed by atoms with E-state index in [0.717, 1.165) is 28.3 Å². The fourth-order valence-corrected chi connectivity index (χ4v) is 2.45. The van der Waals surface area contributed by atoms with Gasteiger partial charge in [0.1, 0.15) is 5.69 Å². The van der Waals surface area contributed by atoms with E-state index in [1.807, 2.05) is 36.4 Å². The molecule has 102 valence electrons. The summed E-state index contributed by atoms with van der Waals surface area (Å²) in [5.74, 6) is 0.653. The molecule has 3 aromatic rings. The minimum atomic E-state index is 0.642. The van der Waals surface area contributed by atoms with Crippen LogP contribution < -0.4 is 5.32 Å². The molecular weight excluding hydrogens is 272 g/mol. The first-order valence-electron chi connectivity index (χ1n) is 6.29. The lowest BCUT2D eigenvalue weighted by Crippen LogP contribution is -2.07. The summed E-state index contributed by atoms with van der Waals surface area (Å²) in [6.45, 7) is 1.36. The van der Waals surface area contributed by atoms with Gasteiger partial charge in [-0.15, -0.1) is 0 Å². The van der Waals surface area contributed by atoms with Crippen molar-refractivity contribution in [2.24, 2.45) is 0 Å². The van der Waals surface area contributed by atoms with Crippen molar-refractivity contribution in [3.8, 4) is 11.5 Å². The van der Waals surface area contributed by atoms with Crippen LogP contribution in [0.5, 0.6) is 0 Å². The molecule has 3 rings (SSSR count). The molecule has 0 saturated carbocycles. The first kappa shape index (κ1) is 13.0. The SMILES string of the molecule is COCCNc1nc(-c2ccc3ccccc3n2)ns1. The number of hydrogen-bond acceptors (Lipinski definition) is 6. The van der Waals surface area contributed by atoms with Crippen LogP contribution in [-0.4, -0.2) is 34.6 Å². The van der Waals surface area contributed by atoms with Crippen molar-refractivity contribution in [3.63, 3.8) is 0 Å². The van der Waals surface area contributed by atoms with E-state index in [9.17, 15) is 0 Å². The van der Waals surface area contributed by atoms with E-state index in [-0.39, 0.29) is 0 Å². The van der Waals surface area contributed by atoms with Gasteiger partial charge in [-0.05, 0) is 12.1 Å². The van der Waals surface area contributed by atoms with Crippen LogP contribution >= 0.6 is 11.5 Å². The number of fused-ring (bicyclic) bond motifs is 1. The number of anilines is 1. The number of rotatable bonds is 5. The minimum Gasteiger partial charge on any atom is -0.383 e. The Morgan fingerprint density at radius 2 is 2.05 bits per heavy atom. The smallest absolute Gasteiger partial charge is 0.203 e. The number of nitrogens with one attached hydrogen (secondary N) is 1. The van der Waals surface area contributed by atoms with Gasteiger partial charge in [0.05, 0.1) is 12.1 Å². The van der Waals surface area contributed by atoms with Gasteiger partial charge in [-0.2, -0.15) is 9.36 Å². The molecule has 0 spiro atoms. The second-order valence-electron chi connectivity index (χ2n) is 4.23. The Kier molecular flexibility index (Phi) is 3.85. The summed E-state index contributed by atoms with van der Waals surface area (Å²) in [4.78, 5) is 9.02. The molecule has 0 saturated heterocycles. The highest BCUT2D eigenvalue weighted by Gasteiger charge is 2.08. The lowest BCUT2D eigenvalue weighted by Gasteiger charge is -2.00. The Bertz CT molecular complexity index is 713. The molecule has 1 aromatic carbocycles. The first-order valence-corrected chi connectivity index (χ1v) is 7.07. The van der Waals surface area contributed by atoms with Crippen molar-refractivity contribution < 1.29 is 4.74 Å². The van der Waals surface area contributed by atoms with Crippen molar-refractivity contribution >= 4 is 27.6 Å². The molecular formula is C14H14N4OS. The number of methoxy groups -OCH3 is 1. The zero-order valence-electron chi connectivity index (χ0n) is 11.0. The molecule has 0 fully saturated rings. The maximum Gasteiger partial charge on any atom is 0.203 e. The largest absolute Gasteiger partial charge is 0.383 e. The summed E-state index contributed by atoms with van der Waals surface area (Å²) >= 11 is 1.33. The molecule has 6 heteroatoms. The molecule has 0 unspecified atom stereocenters. The van der Waals surface area contributed by atoms with Gasteiger partial charge < -0.3 is 10.1 Å². The highest BCUT2D eigenvalue weighted by atomic mass is 32.1. The molecule has 2 aromatic heterocycles. The number of pyridine rings is 1. The number of benzene rings is 1. The summed E-state index contributed by atoms with van der Waals surface area (Å²) in [5, 5.41) is 5.06. The third-order valence-electron chi connectivity index (χ3n) is 2.84. The number of nitrogens with zero attached hydrogens (tertiary/aromatic N) is 3. The van der Waals surface area contributed by atoms with Gasteiger partial charge in [-0.1, -0.05) is 24.3 Å². The monoisotopic (exact) mass is 286 g/mol. The van der Waals surface area contributed by atoms with Crippen LogP contribution in [0.15, 0.2) is 36.4 Å². The summed E-state index contributed by atoms with van der Waals surface area (Å²) in [5.41, 5.74) is 1.74. The summed E-state index contributed by atoms with van der Waals surface area (Å²) in [6, 6.07) is 12.0. The number of hydrogen-bond donors (Lipinski definition) is 1. The van der Waals surface area contributed by atoms with Gasteiger partial charge in [0.25, 0.3) is 0 Å². The van der Waals surface area contributed by atoms with Gasteiger partial charge >= 0.3 is 0 Å². The normalized spacial score (nSPS) is 10.8. The highest BCUT2D eigenvalue weighted by molar-refractivity contribution is 7.09. The average Bonchev–Trinajstić information content (AvgIpc) is 2.96. The lowest BCUT2D eigenvalue weighted by molar-refractivity contribution is 0.211. The maximum absolute atomic E-state index is 4.98. The Balaban J connectivity index is 1.83. The van der Waals surface area contributed by atoms with Gasteiger partial charge in [-0.3, -0.25) is 0 Å². The minimum absolute atomic E-state index is 0.642. The molecule has 0 aliphatic rings. The van der Waals surface area contributed by atoms with Crippen LogP contribution in [-0.2, 0) is 4.74 Å². The second-order valence-corrected chi connectivity index (χ2v) is 4.98. The van der Waals surface area contributed by atoms with Crippen molar-refractivity contribution in [2.75, 3.05) is 25.6 Å². The Hall–Kier alpha value is -2.05. The summed E-state index contributed by atoms with van der Waals surface area (Å²) < 4.78 is 9.32. The van der Waals surface area contributed by atoms with E-state index in [1.165, 1.54) is 11.5 Å². The predicted molar refractivity (Wildman–Crippen MR) is 81.0 cm³/mol. The van der Waals surface area contributed by atoms with E-state index in [0.29, 0.717) is 12.4 Å². The number of aromatic nitrogens is 3. The van der Waals surface area contributed by atoms with E-state index < -0.39 is 0 Å². The van der Waals surface area contributed by atoms with Crippen LogP contribution in [0, 0.1) is 0 Å². The Morgan fingerprint density at radius 1 is 1.15 bits per heavy atom. The molecule has 0 aliphatic carbocycles. The molecule has 5 nitrogen and oxygen atoms in total. The standard InChI is InChI=1S/C14H14N4OS/c1-19-9-8-15-14-17-13(18-20-14)12-7-6-10-4-2-3-5-11(10)16-12/h2-7H,8-9H2,1H3,(H,15,17,18). The van der Waals surface area contributed by atoms with E-state index in [4.69, 9.17) is 4.74 Å². The molecule has 0 bridgehead atoms. The molecule has 0 radical (unpaired) electrons. The lowest BCUT2D eigenvalue weighted by atomic mass is 10.2. The van der Waals surface area contributed by atoms with Crippen LogP contribution in [0.1, 0.15) is 0 Å². The number of para-hydroxylation sites is 1. The van der Waals surface area contributed by atoms with Gasteiger partial charge in [0.2, 0.25) is 5.13 Å². The second kappa shape index (κ2) is 5.94. The first-order chi connectivity index (χ1) is 9.86. The number of ether oxygens (including phenoxy) is 1. The maximum atomic E-state index is 4.98. The van der Waals surface area contributed by atoms with E-state index in [2.05, 4.69) is 19.7 Å². The highest BCUT2D eigenvalue weighted by Crippen LogP contribution is 2.21. The van der Waals surface area contributed by atoms with Crippen LogP contribution in [0.4, 0.5) is 5.13 Å². The fourth-order valence-electron chi connectivity index (χ4n) is 1.85. The van der Waals surface area contributed by atoms with Crippen LogP contribution in [0.25, 0.3) is 22.4 Å². The average molecular weight is 286 g/mol. The van der Waals surface area contributed by atoms with E-state index in [1.54, 1.807) is 7.11 Å². The van der Waals surface area contributed by atoms with Crippen molar-refractivity contribution in [3.05, 3.63) is 36.4 Å². The van der Waals surface area contributed by atoms with Gasteiger partial charge in [0.15, 0.2) is 5.82 Å². The van der Waals surface area contributed by atoms with Gasteiger partial charge in [0, 0.05) is 30.6 Å². The molecule has 1 N–H and O–H groups in total. The summed E-state index contributed by atoms with van der Waals surface area (Å²) in [6.07, 6.45) is 0. The third-order valence-corrected chi connectivity index (χ3v) is 3.51. The Morgan fingerprint density at radius 3 is 2.95 bits per heavy atom. The van der Waals surface area contributed by atoms with E-state index >= 15 is 0 Å².